The quantitative estimate of drug-likeness (QED) is 0.666. The molecule has 29 heavy (non-hydrogen) atoms. The normalized spacial score (nSPS) is 15.5. The second kappa shape index (κ2) is 7.73. The number of carbonyl (C=O) groups is 1. The number of rotatable bonds is 3. The highest BCUT2D eigenvalue weighted by atomic mass is 19.4. The molecule has 1 aliphatic rings. The molecule has 0 atom stereocenters. The van der Waals surface area contributed by atoms with Gasteiger partial charge in [-0.15, -0.1) is 0 Å². The number of pyridine rings is 1. The van der Waals surface area contributed by atoms with Gasteiger partial charge >= 0.3 is 6.18 Å². The zero-order valence-electron chi connectivity index (χ0n) is 15.6. The smallest absolute Gasteiger partial charge is 0.371 e. The second-order valence-electron chi connectivity index (χ2n) is 7.21. The minimum Gasteiger partial charge on any atom is -0.371 e. The number of para-hydroxylation sites is 1. The fourth-order valence-electron chi connectivity index (χ4n) is 3.64. The number of halogens is 3. The highest BCUT2D eigenvalue weighted by molar-refractivity contribution is 5.94. The molecule has 1 aromatic heterocycles. The minimum atomic E-state index is -4.33. The maximum Gasteiger partial charge on any atom is 0.416 e. The van der Waals surface area contributed by atoms with Gasteiger partial charge in [0.2, 0.25) is 5.91 Å². The van der Waals surface area contributed by atoms with E-state index in [1.165, 1.54) is 12.1 Å². The summed E-state index contributed by atoms with van der Waals surface area (Å²) in [7, 11) is 0. The molecule has 0 radical (unpaired) electrons. The molecule has 3 aromatic rings. The van der Waals surface area contributed by atoms with E-state index in [-0.39, 0.29) is 11.8 Å². The molecular weight excluding hydrogens is 379 g/mol. The number of hydrogen-bond acceptors (Lipinski definition) is 3. The van der Waals surface area contributed by atoms with Crippen LogP contribution in [0.4, 0.5) is 24.5 Å². The number of aromatic nitrogens is 1. The van der Waals surface area contributed by atoms with Gasteiger partial charge in [0, 0.05) is 30.1 Å². The van der Waals surface area contributed by atoms with Gasteiger partial charge in [-0.2, -0.15) is 13.2 Å². The summed E-state index contributed by atoms with van der Waals surface area (Å²) in [6.07, 6.45) is -1.39. The number of carbonyl (C=O) groups excluding carboxylic acids is 1. The Hall–Kier alpha value is -3.09. The van der Waals surface area contributed by atoms with E-state index in [4.69, 9.17) is 0 Å². The van der Waals surface area contributed by atoms with Gasteiger partial charge in [0.1, 0.15) is 0 Å². The van der Waals surface area contributed by atoms with Crippen LogP contribution >= 0.6 is 0 Å². The summed E-state index contributed by atoms with van der Waals surface area (Å²) < 4.78 is 38.1. The lowest BCUT2D eigenvalue weighted by Gasteiger charge is -2.33. The van der Waals surface area contributed by atoms with E-state index in [9.17, 15) is 18.0 Å². The number of nitrogens with one attached hydrogen (secondary N) is 1. The van der Waals surface area contributed by atoms with Crippen molar-refractivity contribution in [3.05, 3.63) is 66.4 Å². The number of fused-ring (bicyclic) bond motifs is 1. The molecule has 0 unspecified atom stereocenters. The molecule has 1 saturated heterocycles. The molecule has 1 aliphatic heterocycles. The van der Waals surface area contributed by atoms with Crippen LogP contribution in [0.5, 0.6) is 0 Å². The summed E-state index contributed by atoms with van der Waals surface area (Å²) in [5.41, 5.74) is 1.63. The number of alkyl halides is 3. The fraction of sp³-hybridized carbons (Fsp3) is 0.273. The van der Waals surface area contributed by atoms with Crippen LogP contribution < -0.4 is 10.2 Å². The van der Waals surface area contributed by atoms with Gasteiger partial charge in [-0.1, -0.05) is 18.2 Å². The van der Waals surface area contributed by atoms with Crippen molar-refractivity contribution in [3.8, 4) is 0 Å². The van der Waals surface area contributed by atoms with Crippen LogP contribution in [-0.4, -0.2) is 24.0 Å². The number of hydrogen-bond donors (Lipinski definition) is 1. The molecule has 1 fully saturated rings. The van der Waals surface area contributed by atoms with Crippen molar-refractivity contribution in [2.24, 2.45) is 5.92 Å². The van der Waals surface area contributed by atoms with Crippen LogP contribution in [0, 0.1) is 5.92 Å². The van der Waals surface area contributed by atoms with E-state index >= 15 is 0 Å². The van der Waals surface area contributed by atoms with Gasteiger partial charge in [0.25, 0.3) is 0 Å². The highest BCUT2D eigenvalue weighted by Gasteiger charge is 2.30. The maximum atomic E-state index is 12.7. The second-order valence-corrected chi connectivity index (χ2v) is 7.21. The molecule has 0 bridgehead atoms. The van der Waals surface area contributed by atoms with Crippen LogP contribution in [0.2, 0.25) is 0 Å². The molecule has 4 nitrogen and oxygen atoms in total. The van der Waals surface area contributed by atoms with Gasteiger partial charge in [-0.3, -0.25) is 9.78 Å². The molecule has 150 valence electrons. The number of amides is 1. The van der Waals surface area contributed by atoms with Crippen LogP contribution in [-0.2, 0) is 11.0 Å². The predicted octanol–water partition coefficient (Wildman–Crippen LogP) is 5.11. The molecule has 1 amide bonds. The van der Waals surface area contributed by atoms with E-state index < -0.39 is 11.7 Å². The Kier molecular flexibility index (Phi) is 5.13. The van der Waals surface area contributed by atoms with E-state index in [0.717, 1.165) is 28.7 Å². The summed E-state index contributed by atoms with van der Waals surface area (Å²) in [6, 6.07) is 14.8. The van der Waals surface area contributed by atoms with Gasteiger partial charge < -0.3 is 10.2 Å². The third-order valence-electron chi connectivity index (χ3n) is 5.28. The summed E-state index contributed by atoms with van der Waals surface area (Å²) >= 11 is 0. The van der Waals surface area contributed by atoms with Gasteiger partial charge in [0.05, 0.1) is 23.0 Å². The third-order valence-corrected chi connectivity index (χ3v) is 5.28. The summed E-state index contributed by atoms with van der Waals surface area (Å²) in [4.78, 5) is 19.0. The largest absolute Gasteiger partial charge is 0.416 e. The monoisotopic (exact) mass is 399 g/mol. The summed E-state index contributed by atoms with van der Waals surface area (Å²) in [6.45, 7) is 1.25. The minimum absolute atomic E-state index is 0.0471. The molecule has 2 aromatic carbocycles. The van der Waals surface area contributed by atoms with Crippen LogP contribution in [0.1, 0.15) is 18.4 Å². The van der Waals surface area contributed by atoms with Gasteiger partial charge in [-0.25, -0.2) is 0 Å². The number of piperidine rings is 1. The van der Waals surface area contributed by atoms with E-state index in [2.05, 4.69) is 10.3 Å². The van der Waals surface area contributed by atoms with Crippen molar-refractivity contribution in [1.29, 1.82) is 0 Å². The lowest BCUT2D eigenvalue weighted by atomic mass is 9.95. The Morgan fingerprint density at radius 1 is 1.03 bits per heavy atom. The lowest BCUT2D eigenvalue weighted by Crippen LogP contribution is -2.38. The fourth-order valence-corrected chi connectivity index (χ4v) is 3.64. The van der Waals surface area contributed by atoms with Crippen molar-refractivity contribution in [2.45, 2.75) is 19.0 Å². The first-order chi connectivity index (χ1) is 13.9. The summed E-state index contributed by atoms with van der Waals surface area (Å²) in [5, 5.41) is 3.90. The standard InChI is InChI=1S/C22H20F3N3O/c23-22(24,25)17-5-7-19(8-6-17)28-11-9-15(10-12-28)21(29)27-18-13-16-3-1-2-4-20(16)26-14-18/h1-8,13-15H,9-12H2,(H,27,29). The number of benzene rings is 2. The third kappa shape index (κ3) is 4.34. The number of nitrogens with zero attached hydrogens (tertiary/aromatic N) is 2. The number of anilines is 2. The average Bonchev–Trinajstić information content (AvgIpc) is 2.73. The van der Waals surface area contributed by atoms with E-state index in [0.29, 0.717) is 31.6 Å². The van der Waals surface area contributed by atoms with Crippen molar-refractivity contribution >= 4 is 28.2 Å². The van der Waals surface area contributed by atoms with Crippen molar-refractivity contribution in [1.82, 2.24) is 4.98 Å². The predicted molar refractivity (Wildman–Crippen MR) is 107 cm³/mol. The average molecular weight is 399 g/mol. The molecule has 0 spiro atoms. The van der Waals surface area contributed by atoms with Crippen LogP contribution in [0.3, 0.4) is 0 Å². The molecular formula is C22H20F3N3O. The van der Waals surface area contributed by atoms with Crippen LogP contribution in [0.15, 0.2) is 60.8 Å². The topological polar surface area (TPSA) is 45.2 Å². The van der Waals surface area contributed by atoms with Crippen molar-refractivity contribution in [2.75, 3.05) is 23.3 Å². The zero-order chi connectivity index (χ0) is 20.4. The van der Waals surface area contributed by atoms with Crippen LogP contribution in [0.25, 0.3) is 10.9 Å². The van der Waals surface area contributed by atoms with Crippen molar-refractivity contribution in [3.63, 3.8) is 0 Å². The molecule has 0 aliphatic carbocycles. The maximum absolute atomic E-state index is 12.7. The summed E-state index contributed by atoms with van der Waals surface area (Å²) in [5.74, 6) is -0.179. The van der Waals surface area contributed by atoms with Gasteiger partial charge in [0.15, 0.2) is 0 Å². The lowest BCUT2D eigenvalue weighted by molar-refractivity contribution is -0.137. The zero-order valence-corrected chi connectivity index (χ0v) is 15.6. The molecule has 7 heteroatoms. The SMILES string of the molecule is O=C(Nc1cnc2ccccc2c1)C1CCN(c2ccc(C(F)(F)F)cc2)CC1. The van der Waals surface area contributed by atoms with Gasteiger partial charge in [-0.05, 0) is 49.2 Å². The Bertz CT molecular complexity index is 1010. The molecule has 0 saturated carbocycles. The van der Waals surface area contributed by atoms with E-state index in [1.54, 1.807) is 6.20 Å². The highest BCUT2D eigenvalue weighted by Crippen LogP contribution is 2.31. The Morgan fingerprint density at radius 2 is 1.72 bits per heavy atom. The molecule has 1 N–H and O–H groups in total. The molecule has 4 rings (SSSR count). The van der Waals surface area contributed by atoms with E-state index in [1.807, 2.05) is 35.2 Å². The first kappa shape index (κ1) is 19.2. The first-order valence-electron chi connectivity index (χ1n) is 9.48. The first-order valence-corrected chi connectivity index (χ1v) is 9.48. The molecule has 2 heterocycles. The Morgan fingerprint density at radius 3 is 2.41 bits per heavy atom. The Balaban J connectivity index is 1.35. The van der Waals surface area contributed by atoms with Crippen molar-refractivity contribution < 1.29 is 18.0 Å². The Labute approximate surface area is 166 Å².